The van der Waals surface area contributed by atoms with E-state index in [9.17, 15) is 4.79 Å². The van der Waals surface area contributed by atoms with E-state index in [1.807, 2.05) is 36.4 Å². The molecule has 0 spiro atoms. The number of aromatic nitrogens is 1. The molecular formula is C16H17ClN2O. The van der Waals surface area contributed by atoms with Crippen molar-refractivity contribution < 1.29 is 4.79 Å². The molecule has 2 aromatic rings. The summed E-state index contributed by atoms with van der Waals surface area (Å²) in [5, 5.41) is 3.69. The molecule has 0 saturated carbocycles. The van der Waals surface area contributed by atoms with Crippen molar-refractivity contribution in [3.05, 3.63) is 53.2 Å². The Bertz CT molecular complexity index is 596. The molecule has 0 bridgehead atoms. The number of pyridine rings is 1. The van der Waals surface area contributed by atoms with Gasteiger partial charge in [0, 0.05) is 16.8 Å². The van der Waals surface area contributed by atoms with E-state index in [1.54, 1.807) is 20.2 Å². The van der Waals surface area contributed by atoms with E-state index < -0.39 is 0 Å². The van der Waals surface area contributed by atoms with Crippen LogP contribution in [0.5, 0.6) is 0 Å². The Morgan fingerprint density at radius 1 is 1.30 bits per heavy atom. The molecule has 0 fully saturated rings. The van der Waals surface area contributed by atoms with Crippen LogP contribution in [0.3, 0.4) is 0 Å². The van der Waals surface area contributed by atoms with Gasteiger partial charge >= 0.3 is 0 Å². The van der Waals surface area contributed by atoms with Crippen LogP contribution >= 0.6 is 11.6 Å². The fourth-order valence-electron chi connectivity index (χ4n) is 2.06. The SMILES string of the molecule is CN[C@@H](Cc1ccc(-c2ccccc2Cl)nc1)C(C)=O. The van der Waals surface area contributed by atoms with Gasteiger partial charge in [0.1, 0.15) is 5.78 Å². The number of benzene rings is 1. The zero-order chi connectivity index (χ0) is 14.5. The quantitative estimate of drug-likeness (QED) is 0.919. The molecule has 0 aliphatic heterocycles. The first-order chi connectivity index (χ1) is 9.61. The molecule has 1 N–H and O–H groups in total. The molecule has 0 radical (unpaired) electrons. The van der Waals surface area contributed by atoms with Gasteiger partial charge in [-0.05, 0) is 38.1 Å². The van der Waals surface area contributed by atoms with Crippen molar-refractivity contribution in [2.75, 3.05) is 7.05 Å². The van der Waals surface area contributed by atoms with Crippen LogP contribution in [0.4, 0.5) is 0 Å². The van der Waals surface area contributed by atoms with Crippen molar-refractivity contribution in [1.82, 2.24) is 10.3 Å². The average molecular weight is 289 g/mol. The van der Waals surface area contributed by atoms with Gasteiger partial charge in [0.15, 0.2) is 0 Å². The summed E-state index contributed by atoms with van der Waals surface area (Å²) in [5.41, 5.74) is 2.77. The number of rotatable bonds is 5. The van der Waals surface area contributed by atoms with Crippen LogP contribution in [-0.4, -0.2) is 23.9 Å². The second-order valence-electron chi connectivity index (χ2n) is 4.69. The highest BCUT2D eigenvalue weighted by Gasteiger charge is 2.12. The van der Waals surface area contributed by atoms with E-state index in [-0.39, 0.29) is 11.8 Å². The molecule has 0 aliphatic rings. The summed E-state index contributed by atoms with van der Waals surface area (Å²) < 4.78 is 0. The lowest BCUT2D eigenvalue weighted by Gasteiger charge is -2.12. The Morgan fingerprint density at radius 3 is 2.60 bits per heavy atom. The summed E-state index contributed by atoms with van der Waals surface area (Å²) in [7, 11) is 1.79. The maximum absolute atomic E-state index is 11.4. The van der Waals surface area contributed by atoms with Crippen LogP contribution in [0.25, 0.3) is 11.3 Å². The van der Waals surface area contributed by atoms with Crippen LogP contribution in [0, 0.1) is 0 Å². The van der Waals surface area contributed by atoms with E-state index in [0.29, 0.717) is 11.4 Å². The lowest BCUT2D eigenvalue weighted by atomic mass is 10.0. The summed E-state index contributed by atoms with van der Waals surface area (Å²) in [4.78, 5) is 15.8. The smallest absolute Gasteiger partial charge is 0.147 e. The summed E-state index contributed by atoms with van der Waals surface area (Å²) in [5.74, 6) is 0.127. The maximum atomic E-state index is 11.4. The van der Waals surface area contributed by atoms with Crippen LogP contribution in [-0.2, 0) is 11.2 Å². The molecule has 0 saturated heterocycles. The largest absolute Gasteiger partial charge is 0.310 e. The number of hydrogen-bond acceptors (Lipinski definition) is 3. The van der Waals surface area contributed by atoms with E-state index in [1.165, 1.54) is 0 Å². The molecule has 20 heavy (non-hydrogen) atoms. The number of ketones is 1. The number of carbonyl (C=O) groups is 1. The molecule has 1 aromatic heterocycles. The van der Waals surface area contributed by atoms with Crippen molar-refractivity contribution in [2.24, 2.45) is 0 Å². The van der Waals surface area contributed by atoms with Crippen molar-refractivity contribution >= 4 is 17.4 Å². The standard InChI is InChI=1S/C16H17ClN2O/c1-11(20)16(18-2)9-12-7-8-15(19-10-12)13-5-3-4-6-14(13)17/h3-8,10,16,18H,9H2,1-2H3/t16-/m0/s1. The summed E-state index contributed by atoms with van der Waals surface area (Å²) in [6.45, 7) is 1.59. The molecule has 1 atom stereocenters. The Balaban J connectivity index is 2.18. The van der Waals surface area contributed by atoms with Gasteiger partial charge in [0.2, 0.25) is 0 Å². The first kappa shape index (κ1) is 14.7. The predicted octanol–water partition coefficient (Wildman–Crippen LogP) is 3.12. The van der Waals surface area contributed by atoms with Crippen LogP contribution < -0.4 is 5.32 Å². The predicted molar refractivity (Wildman–Crippen MR) is 81.9 cm³/mol. The minimum Gasteiger partial charge on any atom is -0.310 e. The van der Waals surface area contributed by atoms with E-state index >= 15 is 0 Å². The Morgan fingerprint density at radius 2 is 2.05 bits per heavy atom. The number of likely N-dealkylation sites (N-methyl/N-ethyl adjacent to an activating group) is 1. The molecule has 2 rings (SSSR count). The van der Waals surface area contributed by atoms with E-state index in [0.717, 1.165) is 16.8 Å². The van der Waals surface area contributed by atoms with E-state index in [4.69, 9.17) is 11.6 Å². The number of nitrogens with one attached hydrogen (secondary N) is 1. The number of nitrogens with zero attached hydrogens (tertiary/aromatic N) is 1. The zero-order valence-corrected chi connectivity index (χ0v) is 12.3. The number of carbonyl (C=O) groups excluding carboxylic acids is 1. The summed E-state index contributed by atoms with van der Waals surface area (Å²) in [6.07, 6.45) is 2.44. The first-order valence-electron chi connectivity index (χ1n) is 6.49. The zero-order valence-electron chi connectivity index (χ0n) is 11.6. The van der Waals surface area contributed by atoms with Crippen molar-refractivity contribution in [2.45, 2.75) is 19.4 Å². The lowest BCUT2D eigenvalue weighted by molar-refractivity contribution is -0.118. The highest BCUT2D eigenvalue weighted by atomic mass is 35.5. The van der Waals surface area contributed by atoms with Crippen LogP contribution in [0.15, 0.2) is 42.6 Å². The molecule has 0 aliphatic carbocycles. The minimum atomic E-state index is -0.164. The maximum Gasteiger partial charge on any atom is 0.147 e. The minimum absolute atomic E-state index is 0.127. The molecule has 104 valence electrons. The first-order valence-corrected chi connectivity index (χ1v) is 6.87. The number of hydrogen-bond donors (Lipinski definition) is 1. The average Bonchev–Trinajstić information content (AvgIpc) is 2.46. The van der Waals surface area contributed by atoms with Gasteiger partial charge < -0.3 is 5.32 Å². The van der Waals surface area contributed by atoms with E-state index in [2.05, 4.69) is 10.3 Å². The highest BCUT2D eigenvalue weighted by molar-refractivity contribution is 6.33. The normalized spacial score (nSPS) is 12.2. The summed E-state index contributed by atoms with van der Waals surface area (Å²) >= 11 is 6.15. The Hall–Kier alpha value is -1.71. The van der Waals surface area contributed by atoms with Gasteiger partial charge in [-0.15, -0.1) is 0 Å². The third-order valence-corrected chi connectivity index (χ3v) is 3.58. The lowest BCUT2D eigenvalue weighted by Crippen LogP contribution is -2.34. The van der Waals surface area contributed by atoms with Gasteiger partial charge in [-0.3, -0.25) is 9.78 Å². The third-order valence-electron chi connectivity index (χ3n) is 3.25. The monoisotopic (exact) mass is 288 g/mol. The highest BCUT2D eigenvalue weighted by Crippen LogP contribution is 2.25. The van der Waals surface area contributed by atoms with Crippen molar-refractivity contribution in [3.63, 3.8) is 0 Å². The second kappa shape index (κ2) is 6.64. The molecule has 4 heteroatoms. The molecule has 0 unspecified atom stereocenters. The Kier molecular flexibility index (Phi) is 4.88. The summed E-state index contributed by atoms with van der Waals surface area (Å²) in [6, 6.07) is 11.4. The third kappa shape index (κ3) is 3.44. The van der Waals surface area contributed by atoms with Gasteiger partial charge in [-0.25, -0.2) is 0 Å². The van der Waals surface area contributed by atoms with Gasteiger partial charge in [0.25, 0.3) is 0 Å². The molecular weight excluding hydrogens is 272 g/mol. The fourth-order valence-corrected chi connectivity index (χ4v) is 2.29. The van der Waals surface area contributed by atoms with Crippen molar-refractivity contribution in [3.8, 4) is 11.3 Å². The van der Waals surface area contributed by atoms with Crippen LogP contribution in [0.2, 0.25) is 5.02 Å². The van der Waals surface area contributed by atoms with Gasteiger partial charge in [0.05, 0.1) is 11.7 Å². The fraction of sp³-hybridized carbons (Fsp3) is 0.250. The number of Topliss-reactive ketones (excluding diaryl/α,β-unsaturated/α-hetero) is 1. The van der Waals surface area contributed by atoms with Gasteiger partial charge in [-0.2, -0.15) is 0 Å². The van der Waals surface area contributed by atoms with Crippen molar-refractivity contribution in [1.29, 1.82) is 0 Å². The Labute approximate surface area is 124 Å². The molecule has 1 aromatic carbocycles. The van der Waals surface area contributed by atoms with Gasteiger partial charge in [-0.1, -0.05) is 35.9 Å². The molecule has 3 nitrogen and oxygen atoms in total. The molecule has 1 heterocycles. The number of halogens is 1. The second-order valence-corrected chi connectivity index (χ2v) is 5.09. The van der Waals surface area contributed by atoms with Crippen LogP contribution in [0.1, 0.15) is 12.5 Å². The molecule has 0 amide bonds. The topological polar surface area (TPSA) is 42.0 Å².